The molecule has 1 aromatic rings. The molecule has 0 spiro atoms. The Morgan fingerprint density at radius 1 is 1.35 bits per heavy atom. The van der Waals surface area contributed by atoms with E-state index < -0.39 is 11.6 Å². The molecule has 5 nitrogen and oxygen atoms in total. The lowest BCUT2D eigenvalue weighted by atomic mass is 9.98. The average molecular weight is 278 g/mol. The maximum absolute atomic E-state index is 11.2. The highest BCUT2D eigenvalue weighted by molar-refractivity contribution is 5.95. The van der Waals surface area contributed by atoms with E-state index in [0.717, 1.165) is 37.2 Å². The maximum Gasteiger partial charge on any atom is 0.337 e. The number of aliphatic hydroxyl groups is 1. The van der Waals surface area contributed by atoms with Crippen LogP contribution in [0.4, 0.5) is 11.4 Å². The zero-order valence-corrected chi connectivity index (χ0v) is 12.0. The van der Waals surface area contributed by atoms with Gasteiger partial charge < -0.3 is 20.8 Å². The lowest BCUT2D eigenvalue weighted by molar-refractivity contribution is 0.0481. The van der Waals surface area contributed by atoms with Gasteiger partial charge in [-0.1, -0.05) is 0 Å². The van der Waals surface area contributed by atoms with E-state index in [1.165, 1.54) is 0 Å². The lowest BCUT2D eigenvalue weighted by Crippen LogP contribution is -2.28. The lowest BCUT2D eigenvalue weighted by Gasteiger charge is -2.25. The first-order valence-electron chi connectivity index (χ1n) is 6.91. The second-order valence-electron chi connectivity index (χ2n) is 5.87. The number of carboxylic acids is 1. The summed E-state index contributed by atoms with van der Waals surface area (Å²) in [7, 11) is 0. The molecule has 0 radical (unpaired) electrons. The molecule has 0 bridgehead atoms. The molecule has 1 aliphatic heterocycles. The molecule has 1 aromatic carbocycles. The number of anilines is 2. The highest BCUT2D eigenvalue weighted by atomic mass is 16.4. The Morgan fingerprint density at radius 3 is 2.70 bits per heavy atom. The van der Waals surface area contributed by atoms with Crippen molar-refractivity contribution in [3.63, 3.8) is 0 Å². The van der Waals surface area contributed by atoms with Crippen LogP contribution in [0.5, 0.6) is 0 Å². The predicted molar refractivity (Wildman–Crippen MR) is 79.2 cm³/mol. The van der Waals surface area contributed by atoms with Crippen LogP contribution in [0.1, 0.15) is 42.1 Å². The molecule has 5 heteroatoms. The highest BCUT2D eigenvalue weighted by Gasteiger charge is 2.25. The highest BCUT2D eigenvalue weighted by Crippen LogP contribution is 2.29. The number of carboxylic acid groups (broad SMARTS) is 1. The van der Waals surface area contributed by atoms with Crippen LogP contribution in [0.2, 0.25) is 0 Å². The molecule has 0 saturated carbocycles. The molecule has 110 valence electrons. The number of rotatable bonds is 2. The van der Waals surface area contributed by atoms with Crippen molar-refractivity contribution in [3.05, 3.63) is 23.3 Å². The summed E-state index contributed by atoms with van der Waals surface area (Å²) in [5.74, 6) is -1.01. The van der Waals surface area contributed by atoms with Crippen LogP contribution in [-0.2, 0) is 0 Å². The van der Waals surface area contributed by atoms with E-state index in [4.69, 9.17) is 5.73 Å². The Bertz CT molecular complexity index is 526. The average Bonchev–Trinajstić information content (AvgIpc) is 2.53. The Labute approximate surface area is 119 Å². The van der Waals surface area contributed by atoms with Crippen LogP contribution in [0, 0.1) is 6.92 Å². The second kappa shape index (κ2) is 5.32. The zero-order valence-electron chi connectivity index (χ0n) is 12.0. The summed E-state index contributed by atoms with van der Waals surface area (Å²) < 4.78 is 0. The van der Waals surface area contributed by atoms with Gasteiger partial charge in [0.15, 0.2) is 0 Å². The van der Waals surface area contributed by atoms with E-state index in [1.54, 1.807) is 6.07 Å². The summed E-state index contributed by atoms with van der Waals surface area (Å²) in [6, 6.07) is 3.55. The molecule has 1 unspecified atom stereocenters. The van der Waals surface area contributed by atoms with Crippen LogP contribution in [0.3, 0.4) is 0 Å². The van der Waals surface area contributed by atoms with E-state index in [9.17, 15) is 15.0 Å². The minimum atomic E-state index is -1.01. The van der Waals surface area contributed by atoms with E-state index in [2.05, 4.69) is 4.90 Å². The third kappa shape index (κ3) is 3.04. The van der Waals surface area contributed by atoms with Gasteiger partial charge >= 0.3 is 5.97 Å². The van der Waals surface area contributed by atoms with Crippen LogP contribution < -0.4 is 10.6 Å². The van der Waals surface area contributed by atoms with Gasteiger partial charge in [0.2, 0.25) is 0 Å². The Kier molecular flexibility index (Phi) is 3.90. The number of aromatic carboxylic acids is 1. The fourth-order valence-corrected chi connectivity index (χ4v) is 2.66. The first kappa shape index (κ1) is 14.7. The molecular weight excluding hydrogens is 256 g/mol. The van der Waals surface area contributed by atoms with Gasteiger partial charge in [-0.15, -0.1) is 0 Å². The van der Waals surface area contributed by atoms with Crippen molar-refractivity contribution in [2.24, 2.45) is 0 Å². The van der Waals surface area contributed by atoms with Crippen molar-refractivity contribution >= 4 is 17.3 Å². The standard InChI is InChI=1S/C15H22N2O3/c1-10-8-11(9-12(13(10)16)14(18)19)17-6-3-4-15(2,20)5-7-17/h8-9,20H,3-7,16H2,1-2H3,(H,18,19). The Balaban J connectivity index is 2.31. The van der Waals surface area contributed by atoms with Gasteiger partial charge in [0, 0.05) is 24.5 Å². The van der Waals surface area contributed by atoms with Crippen molar-refractivity contribution in [1.82, 2.24) is 0 Å². The number of benzene rings is 1. The summed E-state index contributed by atoms with van der Waals surface area (Å²) in [6.45, 7) is 5.21. The van der Waals surface area contributed by atoms with Crippen LogP contribution >= 0.6 is 0 Å². The summed E-state index contributed by atoms with van der Waals surface area (Å²) in [5.41, 5.74) is 7.30. The molecule has 1 aliphatic rings. The molecule has 1 saturated heterocycles. The number of aryl methyl sites for hydroxylation is 1. The minimum absolute atomic E-state index is 0.149. The topological polar surface area (TPSA) is 86.8 Å². The van der Waals surface area contributed by atoms with Gasteiger partial charge in [-0.25, -0.2) is 4.79 Å². The van der Waals surface area contributed by atoms with Gasteiger partial charge in [0.05, 0.1) is 11.2 Å². The first-order chi connectivity index (χ1) is 9.30. The van der Waals surface area contributed by atoms with Gasteiger partial charge in [-0.3, -0.25) is 0 Å². The van der Waals surface area contributed by atoms with Crippen LogP contribution in [0.25, 0.3) is 0 Å². The Morgan fingerprint density at radius 2 is 2.05 bits per heavy atom. The van der Waals surface area contributed by atoms with E-state index >= 15 is 0 Å². The number of hydrogen-bond acceptors (Lipinski definition) is 4. The number of nitrogens with zero attached hydrogens (tertiary/aromatic N) is 1. The van der Waals surface area contributed by atoms with Crippen LogP contribution in [-0.4, -0.2) is 34.9 Å². The number of nitrogens with two attached hydrogens (primary N) is 1. The van der Waals surface area contributed by atoms with Crippen molar-refractivity contribution in [3.8, 4) is 0 Å². The largest absolute Gasteiger partial charge is 0.478 e. The monoisotopic (exact) mass is 278 g/mol. The quantitative estimate of drug-likeness (QED) is 0.720. The van der Waals surface area contributed by atoms with Gasteiger partial charge in [0.25, 0.3) is 0 Å². The van der Waals surface area contributed by atoms with E-state index in [-0.39, 0.29) is 5.56 Å². The SMILES string of the molecule is Cc1cc(N2CCCC(C)(O)CC2)cc(C(=O)O)c1N. The molecule has 0 amide bonds. The fraction of sp³-hybridized carbons (Fsp3) is 0.533. The van der Waals surface area contributed by atoms with E-state index in [0.29, 0.717) is 12.1 Å². The summed E-state index contributed by atoms with van der Waals surface area (Å²) in [5, 5.41) is 19.3. The number of nitrogen functional groups attached to an aromatic ring is 1. The van der Waals surface area contributed by atoms with Crippen molar-refractivity contribution in [2.75, 3.05) is 23.7 Å². The molecule has 1 fully saturated rings. The zero-order chi connectivity index (χ0) is 14.9. The smallest absolute Gasteiger partial charge is 0.337 e. The second-order valence-corrected chi connectivity index (χ2v) is 5.87. The molecule has 0 aromatic heterocycles. The van der Waals surface area contributed by atoms with Crippen molar-refractivity contribution < 1.29 is 15.0 Å². The maximum atomic E-state index is 11.2. The third-order valence-corrected chi connectivity index (χ3v) is 4.03. The number of hydrogen-bond donors (Lipinski definition) is 3. The van der Waals surface area contributed by atoms with Crippen LogP contribution in [0.15, 0.2) is 12.1 Å². The number of carbonyl (C=O) groups is 1. The predicted octanol–water partition coefficient (Wildman–Crippen LogP) is 2.02. The third-order valence-electron chi connectivity index (χ3n) is 4.03. The Hall–Kier alpha value is -1.75. The molecule has 1 heterocycles. The fourth-order valence-electron chi connectivity index (χ4n) is 2.66. The summed E-state index contributed by atoms with van der Waals surface area (Å²) >= 11 is 0. The minimum Gasteiger partial charge on any atom is -0.478 e. The first-order valence-corrected chi connectivity index (χ1v) is 6.91. The van der Waals surface area contributed by atoms with Gasteiger partial charge in [-0.05, 0) is 50.8 Å². The molecule has 4 N–H and O–H groups in total. The normalized spacial score (nSPS) is 23.4. The molecular formula is C15H22N2O3. The van der Waals surface area contributed by atoms with Gasteiger partial charge in [-0.2, -0.15) is 0 Å². The van der Waals surface area contributed by atoms with Crippen molar-refractivity contribution in [1.29, 1.82) is 0 Å². The van der Waals surface area contributed by atoms with Crippen molar-refractivity contribution in [2.45, 2.75) is 38.7 Å². The summed E-state index contributed by atoms with van der Waals surface area (Å²) in [6.07, 6.45) is 2.33. The molecule has 20 heavy (non-hydrogen) atoms. The van der Waals surface area contributed by atoms with E-state index in [1.807, 2.05) is 19.9 Å². The molecule has 1 atom stereocenters. The summed E-state index contributed by atoms with van der Waals surface area (Å²) in [4.78, 5) is 13.4. The van der Waals surface area contributed by atoms with Gasteiger partial charge in [0.1, 0.15) is 0 Å². The molecule has 2 rings (SSSR count). The molecule has 0 aliphatic carbocycles.